The van der Waals surface area contributed by atoms with E-state index in [0.717, 1.165) is 17.8 Å². The fourth-order valence-corrected chi connectivity index (χ4v) is 1.93. The van der Waals surface area contributed by atoms with Gasteiger partial charge in [-0.05, 0) is 31.0 Å². The summed E-state index contributed by atoms with van der Waals surface area (Å²) in [6.07, 6.45) is 5.09. The van der Waals surface area contributed by atoms with Gasteiger partial charge >= 0.3 is 0 Å². The van der Waals surface area contributed by atoms with Crippen molar-refractivity contribution in [1.82, 2.24) is 15.3 Å². The largest absolute Gasteiger partial charge is 0.348 e. The maximum absolute atomic E-state index is 13.5. The van der Waals surface area contributed by atoms with Gasteiger partial charge in [0.1, 0.15) is 11.6 Å². The first-order chi connectivity index (χ1) is 10.1. The standard InChI is InChI=1S/C15H15F2N3O/c1-10(15-13(17)8-12(16)9-19-15)20-14(21)3-2-11-4-6-18-7-5-11/h4-10H,2-3H2,1H3,(H,20,21). The Balaban J connectivity index is 1.90. The minimum atomic E-state index is -0.767. The molecule has 1 N–H and O–H groups in total. The zero-order valence-corrected chi connectivity index (χ0v) is 11.5. The molecule has 0 radical (unpaired) electrons. The number of aryl methyl sites for hydroxylation is 1. The zero-order valence-electron chi connectivity index (χ0n) is 11.5. The highest BCUT2D eigenvalue weighted by molar-refractivity contribution is 5.76. The summed E-state index contributed by atoms with van der Waals surface area (Å²) >= 11 is 0. The Morgan fingerprint density at radius 2 is 2.05 bits per heavy atom. The van der Waals surface area contributed by atoms with Crippen LogP contribution in [0.5, 0.6) is 0 Å². The summed E-state index contributed by atoms with van der Waals surface area (Å²) in [7, 11) is 0. The molecule has 2 aromatic heterocycles. The van der Waals surface area contributed by atoms with Crippen molar-refractivity contribution in [3.63, 3.8) is 0 Å². The Hall–Kier alpha value is -2.37. The van der Waals surface area contributed by atoms with Gasteiger partial charge in [-0.15, -0.1) is 0 Å². The van der Waals surface area contributed by atoms with Crippen molar-refractivity contribution in [2.24, 2.45) is 0 Å². The monoisotopic (exact) mass is 291 g/mol. The zero-order chi connectivity index (χ0) is 15.2. The van der Waals surface area contributed by atoms with Crippen molar-refractivity contribution in [2.75, 3.05) is 0 Å². The Morgan fingerprint density at radius 1 is 1.33 bits per heavy atom. The van der Waals surface area contributed by atoms with Crippen LogP contribution in [-0.4, -0.2) is 15.9 Å². The summed E-state index contributed by atoms with van der Waals surface area (Å²) in [5.74, 6) is -1.73. The van der Waals surface area contributed by atoms with Crippen LogP contribution in [0.2, 0.25) is 0 Å². The van der Waals surface area contributed by atoms with E-state index >= 15 is 0 Å². The SMILES string of the molecule is CC(NC(=O)CCc1ccncc1)c1ncc(F)cc1F. The fraction of sp³-hybridized carbons (Fsp3) is 0.267. The highest BCUT2D eigenvalue weighted by Gasteiger charge is 2.15. The molecule has 110 valence electrons. The van der Waals surface area contributed by atoms with Crippen molar-refractivity contribution in [3.8, 4) is 0 Å². The summed E-state index contributed by atoms with van der Waals surface area (Å²) < 4.78 is 26.3. The smallest absolute Gasteiger partial charge is 0.220 e. The number of pyridine rings is 2. The van der Waals surface area contributed by atoms with Crippen LogP contribution in [0.1, 0.15) is 30.6 Å². The van der Waals surface area contributed by atoms with Gasteiger partial charge in [-0.1, -0.05) is 0 Å². The predicted octanol–water partition coefficient (Wildman–Crippen LogP) is 2.56. The van der Waals surface area contributed by atoms with E-state index in [1.54, 1.807) is 19.3 Å². The maximum Gasteiger partial charge on any atom is 0.220 e. The normalized spacial score (nSPS) is 12.0. The van der Waals surface area contributed by atoms with Gasteiger partial charge in [-0.3, -0.25) is 14.8 Å². The first kappa shape index (κ1) is 15.0. The number of aromatic nitrogens is 2. The molecule has 1 amide bonds. The van der Waals surface area contributed by atoms with Gasteiger partial charge in [0.25, 0.3) is 0 Å². The highest BCUT2D eigenvalue weighted by atomic mass is 19.1. The molecular formula is C15H15F2N3O. The molecule has 0 aromatic carbocycles. The third-order valence-corrected chi connectivity index (χ3v) is 3.01. The van der Waals surface area contributed by atoms with Crippen LogP contribution in [-0.2, 0) is 11.2 Å². The summed E-state index contributed by atoms with van der Waals surface area (Å²) in [5, 5.41) is 2.65. The summed E-state index contributed by atoms with van der Waals surface area (Å²) in [5.41, 5.74) is 1.02. The average Bonchev–Trinajstić information content (AvgIpc) is 2.46. The molecule has 1 atom stereocenters. The van der Waals surface area contributed by atoms with Gasteiger partial charge in [0.05, 0.1) is 17.9 Å². The number of amides is 1. The molecule has 0 aliphatic rings. The lowest BCUT2D eigenvalue weighted by Crippen LogP contribution is -2.28. The molecule has 4 nitrogen and oxygen atoms in total. The minimum Gasteiger partial charge on any atom is -0.348 e. The molecular weight excluding hydrogens is 276 g/mol. The molecule has 0 spiro atoms. The quantitative estimate of drug-likeness (QED) is 0.921. The van der Waals surface area contributed by atoms with E-state index in [-0.39, 0.29) is 18.0 Å². The topological polar surface area (TPSA) is 54.9 Å². The van der Waals surface area contributed by atoms with Crippen LogP contribution in [0.4, 0.5) is 8.78 Å². The Morgan fingerprint density at radius 3 is 2.71 bits per heavy atom. The number of nitrogens with zero attached hydrogens (tertiary/aromatic N) is 2. The van der Waals surface area contributed by atoms with E-state index in [1.165, 1.54) is 0 Å². The molecule has 0 aliphatic carbocycles. The highest BCUT2D eigenvalue weighted by Crippen LogP contribution is 2.15. The van der Waals surface area contributed by atoms with Crippen molar-refractivity contribution in [3.05, 3.63) is 59.7 Å². The van der Waals surface area contributed by atoms with Gasteiger partial charge in [0.15, 0.2) is 0 Å². The number of hydrogen-bond acceptors (Lipinski definition) is 3. The molecule has 6 heteroatoms. The van der Waals surface area contributed by atoms with Crippen LogP contribution in [0.25, 0.3) is 0 Å². The van der Waals surface area contributed by atoms with Crippen LogP contribution in [0.3, 0.4) is 0 Å². The molecule has 0 bridgehead atoms. The summed E-state index contributed by atoms with van der Waals surface area (Å²) in [4.78, 5) is 19.4. The number of carbonyl (C=O) groups excluding carboxylic acids is 1. The number of rotatable bonds is 5. The molecule has 2 heterocycles. The Labute approximate surface area is 121 Å². The number of carbonyl (C=O) groups is 1. The first-order valence-corrected chi connectivity index (χ1v) is 6.55. The van der Waals surface area contributed by atoms with E-state index in [2.05, 4.69) is 15.3 Å². The maximum atomic E-state index is 13.5. The van der Waals surface area contributed by atoms with Crippen LogP contribution < -0.4 is 5.32 Å². The number of nitrogens with one attached hydrogen (secondary N) is 1. The van der Waals surface area contributed by atoms with Gasteiger partial charge in [-0.25, -0.2) is 8.78 Å². The van der Waals surface area contributed by atoms with Gasteiger partial charge in [-0.2, -0.15) is 0 Å². The van der Waals surface area contributed by atoms with Gasteiger partial charge < -0.3 is 5.32 Å². The van der Waals surface area contributed by atoms with Crippen LogP contribution >= 0.6 is 0 Å². The lowest BCUT2D eigenvalue weighted by atomic mass is 10.1. The number of hydrogen-bond donors (Lipinski definition) is 1. The minimum absolute atomic E-state index is 0.0219. The fourth-order valence-electron chi connectivity index (χ4n) is 1.93. The number of halogens is 2. The third kappa shape index (κ3) is 4.30. The lowest BCUT2D eigenvalue weighted by Gasteiger charge is -2.14. The summed E-state index contributed by atoms with van der Waals surface area (Å²) in [6, 6.07) is 3.80. The van der Waals surface area contributed by atoms with Crippen LogP contribution in [0, 0.1) is 11.6 Å². The predicted molar refractivity (Wildman–Crippen MR) is 73.3 cm³/mol. The van der Waals surface area contributed by atoms with Crippen LogP contribution in [0.15, 0.2) is 36.8 Å². The van der Waals surface area contributed by atoms with E-state index < -0.39 is 17.7 Å². The van der Waals surface area contributed by atoms with Gasteiger partial charge in [0, 0.05) is 24.9 Å². The molecule has 0 aliphatic heterocycles. The van der Waals surface area contributed by atoms with E-state index in [4.69, 9.17) is 0 Å². The first-order valence-electron chi connectivity index (χ1n) is 6.55. The lowest BCUT2D eigenvalue weighted by molar-refractivity contribution is -0.121. The second kappa shape index (κ2) is 6.88. The van der Waals surface area contributed by atoms with E-state index in [0.29, 0.717) is 6.42 Å². The summed E-state index contributed by atoms with van der Waals surface area (Å²) in [6.45, 7) is 1.60. The van der Waals surface area contributed by atoms with Gasteiger partial charge in [0.2, 0.25) is 5.91 Å². The van der Waals surface area contributed by atoms with Crippen molar-refractivity contribution in [2.45, 2.75) is 25.8 Å². The average molecular weight is 291 g/mol. The van der Waals surface area contributed by atoms with E-state index in [9.17, 15) is 13.6 Å². The molecule has 0 saturated carbocycles. The molecule has 0 saturated heterocycles. The Bertz CT molecular complexity index is 620. The second-order valence-corrected chi connectivity index (χ2v) is 4.67. The van der Waals surface area contributed by atoms with Crippen molar-refractivity contribution in [1.29, 1.82) is 0 Å². The molecule has 2 aromatic rings. The second-order valence-electron chi connectivity index (χ2n) is 4.67. The molecule has 1 unspecified atom stereocenters. The third-order valence-electron chi connectivity index (χ3n) is 3.01. The molecule has 21 heavy (non-hydrogen) atoms. The molecule has 0 fully saturated rings. The van der Waals surface area contributed by atoms with E-state index in [1.807, 2.05) is 12.1 Å². The van der Waals surface area contributed by atoms with Crippen molar-refractivity contribution >= 4 is 5.91 Å². The molecule has 2 rings (SSSR count). The van der Waals surface area contributed by atoms with Crippen molar-refractivity contribution < 1.29 is 13.6 Å². The Kier molecular flexibility index (Phi) is 4.92.